The second-order valence-electron chi connectivity index (χ2n) is 4.58. The van der Waals surface area contributed by atoms with Crippen LogP contribution >= 0.6 is 11.3 Å². The zero-order valence-corrected chi connectivity index (χ0v) is 12.0. The molecule has 1 heterocycles. The quantitative estimate of drug-likeness (QED) is 0.846. The maximum Gasteiger partial charge on any atom is 0.251 e. The molecular formula is C14H17N3OS. The van der Waals surface area contributed by atoms with Gasteiger partial charge in [-0.1, -0.05) is 0 Å². The van der Waals surface area contributed by atoms with Gasteiger partial charge in [0.05, 0.1) is 6.04 Å². The van der Waals surface area contributed by atoms with Crippen molar-refractivity contribution in [2.45, 2.75) is 26.8 Å². The van der Waals surface area contributed by atoms with Crippen molar-refractivity contribution >= 4 is 22.9 Å². The SMILES string of the molecule is Cc1cnc(C(C)NC(=O)c2ccc(N)c(C)c2)s1. The molecule has 0 aliphatic heterocycles. The van der Waals surface area contributed by atoms with Gasteiger partial charge in [-0.25, -0.2) is 4.98 Å². The molecule has 0 aliphatic carbocycles. The van der Waals surface area contributed by atoms with Crippen molar-refractivity contribution in [2.75, 3.05) is 5.73 Å². The topological polar surface area (TPSA) is 68.0 Å². The standard InChI is InChI=1S/C14H17N3OS/c1-8-6-11(4-5-12(8)15)13(18)17-10(3)14-16-7-9(2)19-14/h4-7,10H,15H2,1-3H3,(H,17,18). The summed E-state index contributed by atoms with van der Waals surface area (Å²) in [6.07, 6.45) is 1.82. The van der Waals surface area contributed by atoms with Crippen molar-refractivity contribution in [3.8, 4) is 0 Å². The Kier molecular flexibility index (Phi) is 3.85. The minimum atomic E-state index is -0.108. The van der Waals surface area contributed by atoms with E-state index in [9.17, 15) is 4.79 Å². The monoisotopic (exact) mass is 275 g/mol. The van der Waals surface area contributed by atoms with Crippen LogP contribution in [-0.4, -0.2) is 10.9 Å². The van der Waals surface area contributed by atoms with Gasteiger partial charge >= 0.3 is 0 Å². The summed E-state index contributed by atoms with van der Waals surface area (Å²) >= 11 is 1.59. The molecule has 0 radical (unpaired) electrons. The second kappa shape index (κ2) is 5.40. The highest BCUT2D eigenvalue weighted by Crippen LogP contribution is 2.20. The molecule has 0 saturated carbocycles. The molecular weight excluding hydrogens is 258 g/mol. The lowest BCUT2D eigenvalue weighted by atomic mass is 10.1. The Morgan fingerprint density at radius 2 is 2.16 bits per heavy atom. The number of carbonyl (C=O) groups excluding carboxylic acids is 1. The number of thiazole rings is 1. The Morgan fingerprint density at radius 1 is 1.42 bits per heavy atom. The minimum Gasteiger partial charge on any atom is -0.399 e. The normalized spacial score (nSPS) is 12.2. The lowest BCUT2D eigenvalue weighted by Gasteiger charge is -2.12. The molecule has 1 amide bonds. The highest BCUT2D eigenvalue weighted by atomic mass is 32.1. The van der Waals surface area contributed by atoms with Crippen molar-refractivity contribution < 1.29 is 4.79 Å². The van der Waals surface area contributed by atoms with E-state index in [0.717, 1.165) is 15.4 Å². The fourth-order valence-corrected chi connectivity index (χ4v) is 2.51. The van der Waals surface area contributed by atoms with Crippen molar-refractivity contribution in [2.24, 2.45) is 0 Å². The van der Waals surface area contributed by atoms with Crippen LogP contribution < -0.4 is 11.1 Å². The van der Waals surface area contributed by atoms with Gasteiger partial charge in [-0.15, -0.1) is 11.3 Å². The van der Waals surface area contributed by atoms with Crippen LogP contribution in [0.25, 0.3) is 0 Å². The molecule has 0 aliphatic rings. The van der Waals surface area contributed by atoms with E-state index in [1.165, 1.54) is 0 Å². The first-order chi connectivity index (χ1) is 8.97. The lowest BCUT2D eigenvalue weighted by Crippen LogP contribution is -2.26. The molecule has 2 aromatic rings. The Bertz CT molecular complexity index is 606. The molecule has 19 heavy (non-hydrogen) atoms. The van der Waals surface area contributed by atoms with Crippen molar-refractivity contribution in [3.05, 3.63) is 45.4 Å². The zero-order valence-electron chi connectivity index (χ0n) is 11.2. The van der Waals surface area contributed by atoms with Gasteiger partial charge < -0.3 is 11.1 Å². The number of nitrogens with two attached hydrogens (primary N) is 1. The molecule has 0 saturated heterocycles. The van der Waals surface area contributed by atoms with Crippen LogP contribution in [0.3, 0.4) is 0 Å². The number of aryl methyl sites for hydroxylation is 2. The number of aromatic nitrogens is 1. The van der Waals surface area contributed by atoms with Gasteiger partial charge in [0.2, 0.25) is 0 Å². The molecule has 0 fully saturated rings. The summed E-state index contributed by atoms with van der Waals surface area (Å²) in [5, 5.41) is 3.86. The molecule has 3 N–H and O–H groups in total. The van der Waals surface area contributed by atoms with E-state index in [1.807, 2.05) is 27.0 Å². The van der Waals surface area contributed by atoms with Gasteiger partial charge in [0.25, 0.3) is 5.91 Å². The van der Waals surface area contributed by atoms with E-state index in [0.29, 0.717) is 11.3 Å². The van der Waals surface area contributed by atoms with Crippen molar-refractivity contribution in [1.82, 2.24) is 10.3 Å². The number of hydrogen-bond donors (Lipinski definition) is 2. The maximum atomic E-state index is 12.1. The molecule has 1 aromatic heterocycles. The number of nitrogens with one attached hydrogen (secondary N) is 1. The van der Waals surface area contributed by atoms with Crippen LogP contribution in [0, 0.1) is 13.8 Å². The molecule has 100 valence electrons. The number of amides is 1. The highest BCUT2D eigenvalue weighted by molar-refractivity contribution is 7.11. The molecule has 1 unspecified atom stereocenters. The number of anilines is 1. The Balaban J connectivity index is 2.10. The highest BCUT2D eigenvalue weighted by Gasteiger charge is 2.14. The van der Waals surface area contributed by atoms with Crippen molar-refractivity contribution in [1.29, 1.82) is 0 Å². The van der Waals surface area contributed by atoms with Crippen LogP contribution in [0.4, 0.5) is 5.69 Å². The fraction of sp³-hybridized carbons (Fsp3) is 0.286. The maximum absolute atomic E-state index is 12.1. The third kappa shape index (κ3) is 3.12. The third-order valence-corrected chi connectivity index (χ3v) is 3.98. The Hall–Kier alpha value is -1.88. The summed E-state index contributed by atoms with van der Waals surface area (Å²) in [4.78, 5) is 17.5. The smallest absolute Gasteiger partial charge is 0.251 e. The second-order valence-corrected chi connectivity index (χ2v) is 5.84. The third-order valence-electron chi connectivity index (χ3n) is 2.89. The summed E-state index contributed by atoms with van der Waals surface area (Å²) in [5.41, 5.74) is 7.96. The molecule has 0 spiro atoms. The molecule has 4 nitrogen and oxygen atoms in total. The number of nitrogens with zero attached hydrogens (tertiary/aromatic N) is 1. The minimum absolute atomic E-state index is 0.0935. The molecule has 5 heteroatoms. The molecule has 1 aromatic carbocycles. The summed E-state index contributed by atoms with van der Waals surface area (Å²) in [7, 11) is 0. The van der Waals surface area contributed by atoms with Crippen molar-refractivity contribution in [3.63, 3.8) is 0 Å². The van der Waals surface area contributed by atoms with E-state index in [2.05, 4.69) is 10.3 Å². The van der Waals surface area contributed by atoms with E-state index < -0.39 is 0 Å². The lowest BCUT2D eigenvalue weighted by molar-refractivity contribution is 0.0940. The van der Waals surface area contributed by atoms with Gasteiger partial charge in [-0.05, 0) is 44.5 Å². The number of carbonyl (C=O) groups is 1. The predicted molar refractivity (Wildman–Crippen MR) is 78.3 cm³/mol. The Labute approximate surface area is 116 Å². The van der Waals surface area contributed by atoms with Gasteiger partial charge in [0.15, 0.2) is 0 Å². The van der Waals surface area contributed by atoms with E-state index >= 15 is 0 Å². The number of hydrogen-bond acceptors (Lipinski definition) is 4. The molecule has 0 bridgehead atoms. The number of nitrogen functional groups attached to an aromatic ring is 1. The van der Waals surface area contributed by atoms with Gasteiger partial charge in [-0.2, -0.15) is 0 Å². The predicted octanol–water partition coefficient (Wildman–Crippen LogP) is 2.83. The number of benzene rings is 1. The van der Waals surface area contributed by atoms with Gasteiger partial charge in [-0.3, -0.25) is 4.79 Å². The first kappa shape index (κ1) is 13.5. The number of rotatable bonds is 3. The first-order valence-corrected chi connectivity index (χ1v) is 6.88. The van der Waals surface area contributed by atoms with Crippen LogP contribution in [0.5, 0.6) is 0 Å². The summed E-state index contributed by atoms with van der Waals surface area (Å²) in [5.74, 6) is -0.108. The fourth-order valence-electron chi connectivity index (χ4n) is 1.73. The molecule has 1 atom stereocenters. The summed E-state index contributed by atoms with van der Waals surface area (Å²) in [6.45, 7) is 5.82. The van der Waals surface area contributed by atoms with Crippen LogP contribution in [0.2, 0.25) is 0 Å². The molecule has 2 rings (SSSR count). The van der Waals surface area contributed by atoms with Crippen LogP contribution in [-0.2, 0) is 0 Å². The van der Waals surface area contributed by atoms with E-state index in [1.54, 1.807) is 29.5 Å². The average molecular weight is 275 g/mol. The average Bonchev–Trinajstić information content (AvgIpc) is 2.79. The van der Waals surface area contributed by atoms with Crippen LogP contribution in [0.15, 0.2) is 24.4 Å². The Morgan fingerprint density at radius 3 is 2.74 bits per heavy atom. The summed E-state index contributed by atoms with van der Waals surface area (Å²) in [6, 6.07) is 5.19. The van der Waals surface area contributed by atoms with Gasteiger partial charge in [0, 0.05) is 22.3 Å². The van der Waals surface area contributed by atoms with Crippen LogP contribution in [0.1, 0.15) is 38.8 Å². The van der Waals surface area contributed by atoms with E-state index in [-0.39, 0.29) is 11.9 Å². The summed E-state index contributed by atoms with van der Waals surface area (Å²) < 4.78 is 0. The largest absolute Gasteiger partial charge is 0.399 e. The van der Waals surface area contributed by atoms with E-state index in [4.69, 9.17) is 5.73 Å². The zero-order chi connectivity index (χ0) is 14.0. The van der Waals surface area contributed by atoms with Gasteiger partial charge in [0.1, 0.15) is 5.01 Å². The first-order valence-electron chi connectivity index (χ1n) is 6.06.